The molecule has 0 spiro atoms. The van der Waals surface area contributed by atoms with Gasteiger partial charge in [0.1, 0.15) is 5.82 Å². The number of rotatable bonds is 2. The molecule has 3 rings (SSSR count). The Bertz CT molecular complexity index is 677. The third-order valence-corrected chi connectivity index (χ3v) is 2.65. The molecular formula is C14H10N4O. The highest BCUT2D eigenvalue weighted by Crippen LogP contribution is 2.17. The minimum Gasteiger partial charge on any atom is -0.306 e. The molecule has 92 valence electrons. The summed E-state index contributed by atoms with van der Waals surface area (Å²) in [7, 11) is 0. The van der Waals surface area contributed by atoms with Crippen LogP contribution in [0.4, 0.5) is 0 Å². The Labute approximate surface area is 109 Å². The van der Waals surface area contributed by atoms with E-state index in [9.17, 15) is 4.79 Å². The van der Waals surface area contributed by atoms with Gasteiger partial charge in [0, 0.05) is 42.0 Å². The van der Waals surface area contributed by atoms with Crippen molar-refractivity contribution in [1.82, 2.24) is 19.9 Å². The van der Waals surface area contributed by atoms with E-state index in [0.29, 0.717) is 11.5 Å². The summed E-state index contributed by atoms with van der Waals surface area (Å²) in [6.07, 6.45) is 6.67. The maximum absolute atomic E-state index is 11.7. The zero-order valence-corrected chi connectivity index (χ0v) is 9.95. The summed E-state index contributed by atoms with van der Waals surface area (Å²) in [5.41, 5.74) is 2.05. The lowest BCUT2D eigenvalue weighted by atomic mass is 10.2. The molecule has 3 heterocycles. The van der Waals surface area contributed by atoms with Gasteiger partial charge in [0.2, 0.25) is 0 Å². The van der Waals surface area contributed by atoms with E-state index in [0.717, 1.165) is 11.1 Å². The number of aromatic amines is 1. The van der Waals surface area contributed by atoms with Gasteiger partial charge in [0.15, 0.2) is 0 Å². The largest absolute Gasteiger partial charge is 0.306 e. The second kappa shape index (κ2) is 4.81. The van der Waals surface area contributed by atoms with Crippen LogP contribution in [0.2, 0.25) is 0 Å². The van der Waals surface area contributed by atoms with Crippen LogP contribution in [-0.4, -0.2) is 19.9 Å². The molecule has 0 saturated heterocycles. The quantitative estimate of drug-likeness (QED) is 0.754. The average molecular weight is 250 g/mol. The highest BCUT2D eigenvalue weighted by Gasteiger charge is 2.05. The number of pyridine rings is 2. The maximum atomic E-state index is 11.7. The average Bonchev–Trinajstić information content (AvgIpc) is 2.48. The molecule has 0 aromatic carbocycles. The van der Waals surface area contributed by atoms with E-state index in [-0.39, 0.29) is 5.56 Å². The fraction of sp³-hybridized carbons (Fsp3) is 0. The first kappa shape index (κ1) is 11.3. The van der Waals surface area contributed by atoms with E-state index in [1.807, 2.05) is 18.2 Å². The van der Waals surface area contributed by atoms with Crippen LogP contribution in [0.25, 0.3) is 22.6 Å². The van der Waals surface area contributed by atoms with Crippen molar-refractivity contribution in [3.05, 3.63) is 65.5 Å². The van der Waals surface area contributed by atoms with Crippen molar-refractivity contribution in [3.8, 4) is 22.6 Å². The lowest BCUT2D eigenvalue weighted by molar-refractivity contribution is 1.12. The Hall–Kier alpha value is -2.82. The fourth-order valence-corrected chi connectivity index (χ4v) is 1.77. The van der Waals surface area contributed by atoms with E-state index in [1.165, 1.54) is 6.07 Å². The maximum Gasteiger partial charge on any atom is 0.251 e. The standard InChI is InChI=1S/C14H10N4O/c19-13-8-12(10-3-6-15-7-4-10)17-14(18-13)11-2-1-5-16-9-11/h1-9H,(H,17,18,19). The second-order valence-corrected chi connectivity index (χ2v) is 3.96. The molecule has 0 bridgehead atoms. The zero-order chi connectivity index (χ0) is 13.1. The summed E-state index contributed by atoms with van der Waals surface area (Å²) >= 11 is 0. The lowest BCUT2D eigenvalue weighted by Crippen LogP contribution is -2.08. The van der Waals surface area contributed by atoms with Crippen LogP contribution in [0.1, 0.15) is 0 Å². The summed E-state index contributed by atoms with van der Waals surface area (Å²) in [6, 6.07) is 8.74. The van der Waals surface area contributed by atoms with Crippen LogP contribution >= 0.6 is 0 Å². The molecule has 0 amide bonds. The van der Waals surface area contributed by atoms with E-state index in [1.54, 1.807) is 30.9 Å². The Morgan fingerprint density at radius 3 is 2.53 bits per heavy atom. The van der Waals surface area contributed by atoms with Crippen LogP contribution in [0.3, 0.4) is 0 Å². The summed E-state index contributed by atoms with van der Waals surface area (Å²) < 4.78 is 0. The van der Waals surface area contributed by atoms with Crippen molar-refractivity contribution in [2.45, 2.75) is 0 Å². The summed E-state index contributed by atoms with van der Waals surface area (Å²) in [5.74, 6) is 0.507. The number of nitrogens with zero attached hydrogens (tertiary/aromatic N) is 3. The van der Waals surface area contributed by atoms with Gasteiger partial charge in [-0.25, -0.2) is 4.98 Å². The molecule has 0 saturated carbocycles. The Morgan fingerprint density at radius 2 is 1.79 bits per heavy atom. The molecule has 0 atom stereocenters. The molecule has 0 fully saturated rings. The molecule has 5 heteroatoms. The Balaban J connectivity index is 2.15. The van der Waals surface area contributed by atoms with Gasteiger partial charge in [-0.3, -0.25) is 14.8 Å². The van der Waals surface area contributed by atoms with E-state index in [2.05, 4.69) is 19.9 Å². The lowest BCUT2D eigenvalue weighted by Gasteiger charge is -2.03. The van der Waals surface area contributed by atoms with Crippen molar-refractivity contribution in [2.75, 3.05) is 0 Å². The molecular weight excluding hydrogens is 240 g/mol. The molecule has 3 aromatic heterocycles. The Kier molecular flexibility index (Phi) is 2.86. The second-order valence-electron chi connectivity index (χ2n) is 3.96. The third kappa shape index (κ3) is 2.40. The number of H-pyrrole nitrogens is 1. The number of aromatic nitrogens is 4. The third-order valence-electron chi connectivity index (χ3n) is 2.65. The fourth-order valence-electron chi connectivity index (χ4n) is 1.77. The molecule has 0 unspecified atom stereocenters. The first-order valence-corrected chi connectivity index (χ1v) is 5.75. The van der Waals surface area contributed by atoms with Gasteiger partial charge < -0.3 is 4.98 Å². The number of hydrogen-bond donors (Lipinski definition) is 1. The molecule has 0 aliphatic rings. The predicted octanol–water partition coefficient (Wildman–Crippen LogP) is 1.89. The van der Waals surface area contributed by atoms with Gasteiger partial charge >= 0.3 is 0 Å². The molecule has 3 aromatic rings. The smallest absolute Gasteiger partial charge is 0.251 e. The van der Waals surface area contributed by atoms with Crippen LogP contribution < -0.4 is 5.56 Å². The summed E-state index contributed by atoms with van der Waals surface area (Å²) in [5, 5.41) is 0. The van der Waals surface area contributed by atoms with Crippen LogP contribution in [0.5, 0.6) is 0 Å². The van der Waals surface area contributed by atoms with Gasteiger partial charge in [-0.05, 0) is 24.3 Å². The van der Waals surface area contributed by atoms with Crippen molar-refractivity contribution in [1.29, 1.82) is 0 Å². The monoisotopic (exact) mass is 250 g/mol. The van der Waals surface area contributed by atoms with Crippen molar-refractivity contribution < 1.29 is 0 Å². The van der Waals surface area contributed by atoms with Gasteiger partial charge in [-0.2, -0.15) is 0 Å². The molecule has 5 nitrogen and oxygen atoms in total. The molecule has 0 aliphatic carbocycles. The van der Waals surface area contributed by atoms with Crippen molar-refractivity contribution >= 4 is 0 Å². The number of nitrogens with one attached hydrogen (secondary N) is 1. The van der Waals surface area contributed by atoms with Gasteiger partial charge in [0.25, 0.3) is 5.56 Å². The zero-order valence-electron chi connectivity index (χ0n) is 9.95. The van der Waals surface area contributed by atoms with Gasteiger partial charge in [-0.15, -0.1) is 0 Å². The van der Waals surface area contributed by atoms with Crippen LogP contribution in [0.15, 0.2) is 59.9 Å². The molecule has 19 heavy (non-hydrogen) atoms. The van der Waals surface area contributed by atoms with Crippen LogP contribution in [-0.2, 0) is 0 Å². The highest BCUT2D eigenvalue weighted by molar-refractivity contribution is 5.62. The molecule has 0 radical (unpaired) electrons. The molecule has 0 aliphatic heterocycles. The van der Waals surface area contributed by atoms with E-state index in [4.69, 9.17) is 0 Å². The highest BCUT2D eigenvalue weighted by atomic mass is 16.1. The Morgan fingerprint density at radius 1 is 0.947 bits per heavy atom. The minimum absolute atomic E-state index is 0.194. The minimum atomic E-state index is -0.194. The van der Waals surface area contributed by atoms with Crippen molar-refractivity contribution in [2.24, 2.45) is 0 Å². The van der Waals surface area contributed by atoms with Crippen LogP contribution in [0, 0.1) is 0 Å². The number of hydrogen-bond acceptors (Lipinski definition) is 4. The van der Waals surface area contributed by atoms with Crippen molar-refractivity contribution in [3.63, 3.8) is 0 Å². The predicted molar refractivity (Wildman–Crippen MR) is 71.3 cm³/mol. The SMILES string of the molecule is O=c1cc(-c2ccncc2)nc(-c2cccnc2)[nH]1. The summed E-state index contributed by atoms with van der Waals surface area (Å²) in [6.45, 7) is 0. The van der Waals surface area contributed by atoms with Gasteiger partial charge in [0.05, 0.1) is 5.69 Å². The normalized spacial score (nSPS) is 10.3. The van der Waals surface area contributed by atoms with E-state index >= 15 is 0 Å². The summed E-state index contributed by atoms with van der Waals surface area (Å²) in [4.78, 5) is 26.9. The van der Waals surface area contributed by atoms with E-state index < -0.39 is 0 Å². The first-order valence-electron chi connectivity index (χ1n) is 5.75. The molecule has 1 N–H and O–H groups in total. The first-order chi connectivity index (χ1) is 9.33. The topological polar surface area (TPSA) is 71.5 Å². The van der Waals surface area contributed by atoms with Gasteiger partial charge in [-0.1, -0.05) is 0 Å².